The van der Waals surface area contributed by atoms with Crippen molar-refractivity contribution in [3.05, 3.63) is 69.9 Å². The summed E-state index contributed by atoms with van der Waals surface area (Å²) >= 11 is 1.52. The van der Waals surface area contributed by atoms with Gasteiger partial charge in [0.05, 0.1) is 54.7 Å². The van der Waals surface area contributed by atoms with E-state index in [2.05, 4.69) is 9.97 Å². The highest BCUT2D eigenvalue weighted by Gasteiger charge is 2.24. The van der Waals surface area contributed by atoms with Gasteiger partial charge in [-0.15, -0.1) is 0 Å². The van der Waals surface area contributed by atoms with Crippen LogP contribution in [0.3, 0.4) is 0 Å². The number of aromatic nitrogens is 2. The Bertz CT molecular complexity index is 1150. The Kier molecular flexibility index (Phi) is 9.65. The number of nitro groups is 1. The van der Waals surface area contributed by atoms with Crippen molar-refractivity contribution in [3.63, 3.8) is 0 Å². The molecule has 3 rings (SSSR count). The molecule has 3 aromatic rings. The zero-order chi connectivity index (χ0) is 25.2. The molecule has 1 heterocycles. The summed E-state index contributed by atoms with van der Waals surface area (Å²) in [4.78, 5) is 30.0. The molecule has 0 aliphatic carbocycles. The van der Waals surface area contributed by atoms with Crippen molar-refractivity contribution in [2.24, 2.45) is 0 Å². The van der Waals surface area contributed by atoms with Crippen LogP contribution in [0.15, 0.2) is 53.8 Å². The minimum absolute atomic E-state index is 0.00111. The SMILES string of the molecule is CCOC(=O)CC(O)c1cc(OCCCSc2ncc(-c3ccccc3CO)[nH]2)ccc1[N+](=O)[O-]. The van der Waals surface area contributed by atoms with Crippen LogP contribution >= 0.6 is 11.8 Å². The number of esters is 1. The molecule has 0 spiro atoms. The van der Waals surface area contributed by atoms with Crippen molar-refractivity contribution in [1.29, 1.82) is 0 Å². The molecule has 0 aliphatic heterocycles. The average Bonchev–Trinajstić information content (AvgIpc) is 3.32. The third-order valence-electron chi connectivity index (χ3n) is 5.05. The molecule has 1 atom stereocenters. The van der Waals surface area contributed by atoms with Crippen molar-refractivity contribution in [1.82, 2.24) is 9.97 Å². The first-order chi connectivity index (χ1) is 16.9. The number of carbonyl (C=O) groups excluding carboxylic acids is 1. The van der Waals surface area contributed by atoms with Crippen LogP contribution < -0.4 is 4.74 Å². The fourth-order valence-electron chi connectivity index (χ4n) is 3.40. The number of nitrogens with one attached hydrogen (secondary N) is 1. The molecule has 1 unspecified atom stereocenters. The lowest BCUT2D eigenvalue weighted by molar-refractivity contribution is -0.386. The second-order valence-corrected chi connectivity index (χ2v) is 8.55. The summed E-state index contributed by atoms with van der Waals surface area (Å²) in [6, 6.07) is 11.6. The summed E-state index contributed by atoms with van der Waals surface area (Å²) in [5, 5.41) is 31.9. The first-order valence-electron chi connectivity index (χ1n) is 11.0. The molecule has 0 fully saturated rings. The highest BCUT2D eigenvalue weighted by Crippen LogP contribution is 2.31. The van der Waals surface area contributed by atoms with Gasteiger partial charge in [-0.2, -0.15) is 0 Å². The van der Waals surface area contributed by atoms with E-state index in [4.69, 9.17) is 9.47 Å². The Morgan fingerprint density at radius 2 is 2.09 bits per heavy atom. The zero-order valence-electron chi connectivity index (χ0n) is 19.2. The Morgan fingerprint density at radius 3 is 2.83 bits per heavy atom. The Hall–Kier alpha value is -3.41. The first-order valence-corrected chi connectivity index (χ1v) is 12.0. The summed E-state index contributed by atoms with van der Waals surface area (Å²) in [7, 11) is 0. The Morgan fingerprint density at radius 1 is 1.29 bits per heavy atom. The molecular weight excluding hydrogens is 474 g/mol. The maximum atomic E-state index is 11.7. The van der Waals surface area contributed by atoms with Gasteiger partial charge in [-0.25, -0.2) is 4.98 Å². The number of carbonyl (C=O) groups is 1. The molecule has 0 saturated carbocycles. The number of aliphatic hydroxyl groups excluding tert-OH is 2. The molecule has 0 aliphatic rings. The van der Waals surface area contributed by atoms with Gasteiger partial charge in [0.2, 0.25) is 0 Å². The van der Waals surface area contributed by atoms with E-state index in [9.17, 15) is 25.1 Å². The largest absolute Gasteiger partial charge is 0.494 e. The normalized spacial score (nSPS) is 11.7. The predicted molar refractivity (Wildman–Crippen MR) is 130 cm³/mol. The Labute approximate surface area is 206 Å². The number of hydrogen-bond donors (Lipinski definition) is 3. The molecular formula is C24H27N3O7S. The predicted octanol–water partition coefficient (Wildman–Crippen LogP) is 4.03. The summed E-state index contributed by atoms with van der Waals surface area (Å²) in [5.41, 5.74) is 2.25. The van der Waals surface area contributed by atoms with Gasteiger partial charge < -0.3 is 24.7 Å². The van der Waals surface area contributed by atoms with Gasteiger partial charge in [0.25, 0.3) is 5.69 Å². The average molecular weight is 502 g/mol. The molecule has 3 N–H and O–H groups in total. The van der Waals surface area contributed by atoms with Crippen LogP contribution in [-0.4, -0.2) is 50.0 Å². The van der Waals surface area contributed by atoms with Gasteiger partial charge in [-0.1, -0.05) is 36.0 Å². The van der Waals surface area contributed by atoms with Crippen molar-refractivity contribution in [2.45, 2.75) is 37.6 Å². The van der Waals surface area contributed by atoms with Gasteiger partial charge in [-0.3, -0.25) is 14.9 Å². The lowest BCUT2D eigenvalue weighted by atomic mass is 10.0. The molecule has 35 heavy (non-hydrogen) atoms. The third kappa shape index (κ3) is 7.28. The van der Waals surface area contributed by atoms with Crippen LogP contribution in [-0.2, 0) is 16.1 Å². The first kappa shape index (κ1) is 26.2. The number of aromatic amines is 1. The minimum atomic E-state index is -1.38. The Balaban J connectivity index is 1.53. The fourth-order valence-corrected chi connectivity index (χ4v) is 4.16. The van der Waals surface area contributed by atoms with E-state index in [0.29, 0.717) is 24.5 Å². The van der Waals surface area contributed by atoms with Crippen LogP contribution in [0.2, 0.25) is 0 Å². The van der Waals surface area contributed by atoms with Crippen LogP contribution in [0.1, 0.15) is 37.0 Å². The minimum Gasteiger partial charge on any atom is -0.494 e. The van der Waals surface area contributed by atoms with Gasteiger partial charge in [0, 0.05) is 17.4 Å². The standard InChI is InChI=1S/C24H27N3O7S/c1-2-33-23(30)13-22(29)19-12-17(8-9-21(19)27(31)32)34-10-5-11-35-24-25-14-20(26-24)18-7-4-3-6-16(18)15-28/h3-4,6-9,12,14,22,28-29H,2,5,10-11,13,15H2,1H3,(H,25,26). The molecule has 0 saturated heterocycles. The monoisotopic (exact) mass is 501 g/mol. The summed E-state index contributed by atoms with van der Waals surface area (Å²) in [5.74, 6) is 0.429. The molecule has 1 aromatic heterocycles. The van der Waals surface area contributed by atoms with E-state index in [1.54, 1.807) is 13.1 Å². The van der Waals surface area contributed by atoms with Gasteiger partial charge in [0.1, 0.15) is 5.75 Å². The summed E-state index contributed by atoms with van der Waals surface area (Å²) < 4.78 is 10.5. The quantitative estimate of drug-likeness (QED) is 0.104. The molecule has 186 valence electrons. The van der Waals surface area contributed by atoms with Crippen molar-refractivity contribution < 1.29 is 29.4 Å². The van der Waals surface area contributed by atoms with E-state index in [-0.39, 0.29) is 30.9 Å². The second-order valence-electron chi connectivity index (χ2n) is 7.47. The number of aliphatic hydroxyl groups is 2. The van der Waals surface area contributed by atoms with Crippen molar-refractivity contribution in [2.75, 3.05) is 19.0 Å². The van der Waals surface area contributed by atoms with Gasteiger partial charge in [-0.05, 0) is 31.0 Å². The van der Waals surface area contributed by atoms with Crippen LogP contribution in [0, 0.1) is 10.1 Å². The second kappa shape index (κ2) is 12.9. The number of ether oxygens (including phenoxy) is 2. The smallest absolute Gasteiger partial charge is 0.308 e. The van der Waals surface area contributed by atoms with Crippen LogP contribution in [0.4, 0.5) is 5.69 Å². The fraction of sp³-hybridized carbons (Fsp3) is 0.333. The van der Waals surface area contributed by atoms with E-state index in [1.165, 1.54) is 30.0 Å². The molecule has 10 nitrogen and oxygen atoms in total. The van der Waals surface area contributed by atoms with Gasteiger partial charge >= 0.3 is 5.97 Å². The van der Waals surface area contributed by atoms with E-state index in [1.807, 2.05) is 24.3 Å². The number of nitro benzene ring substituents is 1. The number of benzene rings is 2. The summed E-state index contributed by atoms with van der Waals surface area (Å²) in [6.45, 7) is 2.09. The lowest BCUT2D eigenvalue weighted by Crippen LogP contribution is -2.11. The van der Waals surface area contributed by atoms with E-state index >= 15 is 0 Å². The molecule has 0 radical (unpaired) electrons. The molecule has 11 heteroatoms. The summed E-state index contributed by atoms with van der Waals surface area (Å²) in [6.07, 6.45) is 0.638. The van der Waals surface area contributed by atoms with Crippen LogP contribution in [0.25, 0.3) is 11.3 Å². The molecule has 2 aromatic carbocycles. The number of hydrogen-bond acceptors (Lipinski definition) is 9. The molecule has 0 amide bonds. The zero-order valence-corrected chi connectivity index (χ0v) is 20.0. The van der Waals surface area contributed by atoms with Crippen molar-refractivity contribution in [3.8, 4) is 17.0 Å². The number of H-pyrrole nitrogens is 1. The van der Waals surface area contributed by atoms with Crippen LogP contribution in [0.5, 0.6) is 5.75 Å². The van der Waals surface area contributed by atoms with Crippen molar-refractivity contribution >= 4 is 23.4 Å². The molecule has 0 bridgehead atoms. The van der Waals surface area contributed by atoms with Gasteiger partial charge in [0.15, 0.2) is 5.16 Å². The number of imidazole rings is 1. The number of nitrogens with zero attached hydrogens (tertiary/aromatic N) is 2. The maximum Gasteiger partial charge on any atom is 0.308 e. The topological polar surface area (TPSA) is 148 Å². The number of thioether (sulfide) groups is 1. The van der Waals surface area contributed by atoms with E-state index in [0.717, 1.165) is 22.0 Å². The highest BCUT2D eigenvalue weighted by molar-refractivity contribution is 7.99. The number of rotatable bonds is 13. The lowest BCUT2D eigenvalue weighted by Gasteiger charge is -2.13. The van der Waals surface area contributed by atoms with E-state index < -0.39 is 17.0 Å². The maximum absolute atomic E-state index is 11.7. The highest BCUT2D eigenvalue weighted by atomic mass is 32.2. The third-order valence-corrected chi connectivity index (χ3v) is 6.02.